The van der Waals surface area contributed by atoms with E-state index < -0.39 is 40.7 Å². The van der Waals surface area contributed by atoms with E-state index in [-0.39, 0.29) is 11.3 Å². The van der Waals surface area contributed by atoms with Crippen LogP contribution in [0.15, 0.2) is 75.9 Å². The summed E-state index contributed by atoms with van der Waals surface area (Å²) >= 11 is 0. The number of rotatable bonds is 10. The van der Waals surface area contributed by atoms with Crippen molar-refractivity contribution in [1.29, 1.82) is 0 Å². The van der Waals surface area contributed by atoms with Crippen LogP contribution in [0.5, 0.6) is 5.75 Å². The lowest BCUT2D eigenvalue weighted by atomic mass is 9.72. The number of carbonyl (C=O) groups is 2. The van der Waals surface area contributed by atoms with Gasteiger partial charge in [0.15, 0.2) is 0 Å². The Hall–Kier alpha value is -4.07. The number of hydrogen-bond donors (Lipinski definition) is 3. The summed E-state index contributed by atoms with van der Waals surface area (Å²) in [7, 11) is 0. The maximum Gasteiger partial charge on any atom is 0.408 e. The molecule has 2 aromatic carbocycles. The SMILES string of the molecule is CCC(Cc1ccccc1)(c1cc(O)c(C(NC(=O)[C@H](C)NC(=O)OC(C)(C)C)c2ccccc2)c(=O)o1)C1CC1. The van der Waals surface area contributed by atoms with Gasteiger partial charge in [-0.2, -0.15) is 0 Å². The lowest BCUT2D eigenvalue weighted by Crippen LogP contribution is -2.48. The van der Waals surface area contributed by atoms with Gasteiger partial charge in [-0.25, -0.2) is 9.59 Å². The zero-order valence-electron chi connectivity index (χ0n) is 24.4. The van der Waals surface area contributed by atoms with Crippen LogP contribution in [0.25, 0.3) is 0 Å². The molecule has 2 amide bonds. The third-order valence-electron chi connectivity index (χ3n) is 7.64. The lowest BCUT2D eigenvalue weighted by molar-refractivity contribution is -0.123. The van der Waals surface area contributed by atoms with Gasteiger partial charge in [0.05, 0.1) is 6.04 Å². The molecule has 0 bridgehead atoms. The highest BCUT2D eigenvalue weighted by atomic mass is 16.6. The summed E-state index contributed by atoms with van der Waals surface area (Å²) in [6.45, 7) is 8.78. The van der Waals surface area contributed by atoms with E-state index in [1.54, 1.807) is 51.1 Å². The van der Waals surface area contributed by atoms with Gasteiger partial charge in [-0.3, -0.25) is 4.79 Å². The third kappa shape index (κ3) is 7.17. The average Bonchev–Trinajstić information content (AvgIpc) is 3.76. The first-order chi connectivity index (χ1) is 19.4. The van der Waals surface area contributed by atoms with Crippen molar-refractivity contribution >= 4 is 12.0 Å². The van der Waals surface area contributed by atoms with Gasteiger partial charge in [0.2, 0.25) is 5.91 Å². The number of alkyl carbamates (subject to hydrolysis) is 1. The first kappa shape index (κ1) is 29.9. The molecule has 1 saturated carbocycles. The molecular formula is C33H40N2O6. The van der Waals surface area contributed by atoms with E-state index in [0.717, 1.165) is 24.8 Å². The second-order valence-electron chi connectivity index (χ2n) is 11.9. The maximum absolute atomic E-state index is 13.7. The fourth-order valence-electron chi connectivity index (χ4n) is 5.40. The predicted molar refractivity (Wildman–Crippen MR) is 157 cm³/mol. The fourth-order valence-corrected chi connectivity index (χ4v) is 5.40. The average molecular weight is 561 g/mol. The smallest absolute Gasteiger partial charge is 0.408 e. The Balaban J connectivity index is 1.68. The van der Waals surface area contributed by atoms with Crippen molar-refractivity contribution in [2.24, 2.45) is 5.92 Å². The van der Waals surface area contributed by atoms with Crippen LogP contribution in [0.1, 0.15) is 82.4 Å². The van der Waals surface area contributed by atoms with Gasteiger partial charge >= 0.3 is 11.7 Å². The Morgan fingerprint density at radius 3 is 2.17 bits per heavy atom. The van der Waals surface area contributed by atoms with Gasteiger partial charge in [-0.1, -0.05) is 67.6 Å². The minimum atomic E-state index is -1.01. The standard InChI is InChI=1S/C33H40N2O6/c1-6-33(24-17-18-24,20-22-13-9-7-10-14-22)26-19-25(36)27(30(38)40-26)28(23-15-11-8-12-16-23)35-29(37)21(2)34-31(39)41-32(3,4)5/h7-16,19,21,24,28,36H,6,17-18,20H2,1-5H3,(H,34,39)(H,35,37)/t21-,28?,33?/m0/s1. The molecule has 3 atom stereocenters. The quantitative estimate of drug-likeness (QED) is 0.290. The first-order valence-corrected chi connectivity index (χ1v) is 14.2. The van der Waals surface area contributed by atoms with Gasteiger partial charge in [-0.05, 0) is 70.4 Å². The zero-order valence-corrected chi connectivity index (χ0v) is 24.4. The van der Waals surface area contributed by atoms with E-state index in [1.165, 1.54) is 6.92 Å². The van der Waals surface area contributed by atoms with Crippen molar-refractivity contribution in [3.05, 3.63) is 99.6 Å². The topological polar surface area (TPSA) is 118 Å². The number of carbonyl (C=O) groups excluding carboxylic acids is 2. The van der Waals surface area contributed by atoms with Crippen molar-refractivity contribution in [2.75, 3.05) is 0 Å². The molecule has 1 aliphatic carbocycles. The zero-order chi connectivity index (χ0) is 29.8. The van der Waals surface area contributed by atoms with Crippen LogP contribution in [0, 0.1) is 5.92 Å². The van der Waals surface area contributed by atoms with E-state index in [1.807, 2.05) is 24.3 Å². The molecule has 0 radical (unpaired) electrons. The Bertz CT molecular complexity index is 1410. The number of amides is 2. The molecule has 1 aromatic heterocycles. The Kier molecular flexibility index (Phi) is 8.90. The van der Waals surface area contributed by atoms with Crippen molar-refractivity contribution in [3.8, 4) is 5.75 Å². The molecule has 4 rings (SSSR count). The summed E-state index contributed by atoms with van der Waals surface area (Å²) in [5.74, 6) is -0.0107. The van der Waals surface area contributed by atoms with Crippen LogP contribution in [0.2, 0.25) is 0 Å². The van der Waals surface area contributed by atoms with Crippen molar-refractivity contribution in [1.82, 2.24) is 10.6 Å². The highest BCUT2D eigenvalue weighted by Crippen LogP contribution is 2.52. The van der Waals surface area contributed by atoms with E-state index in [2.05, 4.69) is 29.7 Å². The molecule has 0 saturated heterocycles. The number of nitrogens with one attached hydrogen (secondary N) is 2. The van der Waals surface area contributed by atoms with E-state index in [9.17, 15) is 19.5 Å². The molecular weight excluding hydrogens is 520 g/mol. The molecule has 8 heteroatoms. The second-order valence-corrected chi connectivity index (χ2v) is 11.9. The highest BCUT2D eigenvalue weighted by molar-refractivity contribution is 5.86. The Morgan fingerprint density at radius 2 is 1.63 bits per heavy atom. The van der Waals surface area contributed by atoms with Gasteiger partial charge in [-0.15, -0.1) is 0 Å². The van der Waals surface area contributed by atoms with Gasteiger partial charge in [0.25, 0.3) is 0 Å². The summed E-state index contributed by atoms with van der Waals surface area (Å²) in [6.07, 6.45) is 2.73. The van der Waals surface area contributed by atoms with Crippen LogP contribution in [0.4, 0.5) is 4.79 Å². The summed E-state index contributed by atoms with van der Waals surface area (Å²) in [4.78, 5) is 39.1. The van der Waals surface area contributed by atoms with E-state index in [0.29, 0.717) is 23.7 Å². The molecule has 8 nitrogen and oxygen atoms in total. The van der Waals surface area contributed by atoms with Crippen molar-refractivity contribution in [2.45, 2.75) is 83.4 Å². The molecule has 3 aromatic rings. The van der Waals surface area contributed by atoms with E-state index >= 15 is 0 Å². The van der Waals surface area contributed by atoms with Crippen LogP contribution in [0.3, 0.4) is 0 Å². The highest BCUT2D eigenvalue weighted by Gasteiger charge is 2.47. The molecule has 3 N–H and O–H groups in total. The number of hydrogen-bond acceptors (Lipinski definition) is 6. The minimum absolute atomic E-state index is 0.0710. The van der Waals surface area contributed by atoms with Crippen LogP contribution in [-0.4, -0.2) is 28.7 Å². The largest absolute Gasteiger partial charge is 0.507 e. The Labute approximate surface area is 241 Å². The maximum atomic E-state index is 13.7. The van der Waals surface area contributed by atoms with Gasteiger partial charge in [0, 0.05) is 11.5 Å². The summed E-state index contributed by atoms with van der Waals surface area (Å²) in [5.41, 5.74) is -0.240. The molecule has 0 spiro atoms. The number of aromatic hydroxyl groups is 1. The fraction of sp³-hybridized carbons (Fsp3) is 0.424. The first-order valence-electron chi connectivity index (χ1n) is 14.2. The van der Waals surface area contributed by atoms with Crippen LogP contribution < -0.4 is 16.3 Å². The predicted octanol–water partition coefficient (Wildman–Crippen LogP) is 5.76. The van der Waals surface area contributed by atoms with Crippen molar-refractivity contribution < 1.29 is 23.8 Å². The summed E-state index contributed by atoms with van der Waals surface area (Å²) in [5, 5.41) is 16.7. The molecule has 1 heterocycles. The molecule has 41 heavy (non-hydrogen) atoms. The van der Waals surface area contributed by atoms with Crippen LogP contribution in [-0.2, 0) is 21.4 Å². The second kappa shape index (κ2) is 12.2. The Morgan fingerprint density at radius 1 is 1.02 bits per heavy atom. The molecule has 1 aliphatic rings. The lowest BCUT2D eigenvalue weighted by Gasteiger charge is -2.32. The van der Waals surface area contributed by atoms with Gasteiger partial charge < -0.3 is 24.9 Å². The van der Waals surface area contributed by atoms with Crippen LogP contribution >= 0.6 is 0 Å². The number of ether oxygens (including phenoxy) is 1. The number of benzene rings is 2. The third-order valence-corrected chi connectivity index (χ3v) is 7.64. The monoisotopic (exact) mass is 560 g/mol. The van der Waals surface area contributed by atoms with Gasteiger partial charge in [0.1, 0.15) is 28.7 Å². The summed E-state index contributed by atoms with van der Waals surface area (Å²) < 4.78 is 11.3. The van der Waals surface area contributed by atoms with E-state index in [4.69, 9.17) is 9.15 Å². The van der Waals surface area contributed by atoms with Crippen molar-refractivity contribution in [3.63, 3.8) is 0 Å². The summed E-state index contributed by atoms with van der Waals surface area (Å²) in [6, 6.07) is 18.5. The molecule has 1 fully saturated rings. The molecule has 2 unspecified atom stereocenters. The molecule has 0 aliphatic heterocycles. The molecule has 218 valence electrons. The minimum Gasteiger partial charge on any atom is -0.507 e. The normalized spacial score (nSPS) is 16.2.